The highest BCUT2D eigenvalue weighted by Gasteiger charge is 2.42. The van der Waals surface area contributed by atoms with E-state index in [0.29, 0.717) is 12.0 Å². The predicted molar refractivity (Wildman–Crippen MR) is 159 cm³/mol. The number of rotatable bonds is 3. The maximum atomic E-state index is 12.1. The van der Waals surface area contributed by atoms with E-state index >= 15 is 0 Å². The minimum atomic E-state index is -1.29. The van der Waals surface area contributed by atoms with E-state index in [4.69, 9.17) is 0 Å². The monoisotopic (exact) mass is 514 g/mol. The topological polar surface area (TPSA) is 44.3 Å². The molecular formula is C35H48NO2+. The Kier molecular flexibility index (Phi) is 8.52. The molecule has 0 aromatic carbocycles. The highest BCUT2D eigenvalue weighted by Crippen LogP contribution is 2.42. The standard InChI is InChI=1S/C35H48NO2/c1-11-29(32(3,4)5)22-27-14-15-31-24-35(38,33(6,7)8)18-12-13-30(34(31,9)37)23-28(21-25(27)2)26-16-19-36(10)20-17-26/h14-17,19-20,22-24,30,37-38H,11,18,21H2,1-10H3/q+1/b15-14+,27-25?,28-23+,29-22+,31-24+/t30-,34?,35?/m1/s1. The first-order chi connectivity index (χ1) is 17.5. The van der Waals surface area contributed by atoms with Crippen LogP contribution >= 0.6 is 0 Å². The molecule has 0 saturated heterocycles. The number of allylic oxidation sites excluding steroid dienone is 6. The number of aryl methyl sites for hydroxylation is 1. The molecule has 38 heavy (non-hydrogen) atoms. The normalized spacial score (nSPS) is 30.6. The van der Waals surface area contributed by atoms with Gasteiger partial charge in [0.25, 0.3) is 0 Å². The minimum absolute atomic E-state index is 0.0518. The lowest BCUT2D eigenvalue weighted by Crippen LogP contribution is -2.44. The fourth-order valence-electron chi connectivity index (χ4n) is 5.06. The number of fused-ring (bicyclic) bond motifs is 2. The molecule has 1 aromatic rings. The van der Waals surface area contributed by atoms with E-state index in [1.54, 1.807) is 0 Å². The van der Waals surface area contributed by atoms with Gasteiger partial charge in [-0.15, -0.1) is 0 Å². The Morgan fingerprint density at radius 2 is 1.74 bits per heavy atom. The van der Waals surface area contributed by atoms with Gasteiger partial charge in [-0.3, -0.25) is 0 Å². The van der Waals surface area contributed by atoms with Crippen LogP contribution in [0.15, 0.2) is 77.2 Å². The van der Waals surface area contributed by atoms with Gasteiger partial charge in [-0.25, -0.2) is 4.57 Å². The van der Waals surface area contributed by atoms with Gasteiger partial charge in [0.05, 0.1) is 11.5 Å². The molecule has 0 radical (unpaired) electrons. The second-order valence-electron chi connectivity index (χ2n) is 13.4. The Labute approximate surface area is 231 Å². The molecule has 0 fully saturated rings. The van der Waals surface area contributed by atoms with Gasteiger partial charge in [0, 0.05) is 18.6 Å². The van der Waals surface area contributed by atoms with Crippen molar-refractivity contribution < 1.29 is 14.8 Å². The molecule has 0 amide bonds. The van der Waals surface area contributed by atoms with Crippen molar-refractivity contribution in [2.24, 2.45) is 23.8 Å². The zero-order chi connectivity index (χ0) is 28.5. The molecule has 2 unspecified atom stereocenters. The van der Waals surface area contributed by atoms with E-state index in [2.05, 4.69) is 89.2 Å². The average molecular weight is 515 g/mol. The highest BCUT2D eigenvalue weighted by atomic mass is 16.3. The number of hydrogen-bond acceptors (Lipinski definition) is 2. The van der Waals surface area contributed by atoms with Crippen LogP contribution in [-0.4, -0.2) is 21.4 Å². The maximum absolute atomic E-state index is 12.1. The SMILES string of the molecule is CC/C(=C\C1=C(C)C/C(c2cc[n+](C)cc2)=C\[C@H]2C#CCC(O)(C(C)(C)C)/C=C(\C=C\1)C2(C)O)C(C)(C)C. The van der Waals surface area contributed by atoms with Crippen LogP contribution in [0.2, 0.25) is 0 Å². The molecule has 3 atom stereocenters. The number of aliphatic hydroxyl groups is 2. The van der Waals surface area contributed by atoms with Gasteiger partial charge in [-0.1, -0.05) is 95.8 Å². The fourth-order valence-corrected chi connectivity index (χ4v) is 5.06. The van der Waals surface area contributed by atoms with E-state index < -0.39 is 22.5 Å². The van der Waals surface area contributed by atoms with Gasteiger partial charge >= 0.3 is 0 Å². The molecule has 2 N–H and O–H groups in total. The summed E-state index contributed by atoms with van der Waals surface area (Å²) in [6.07, 6.45) is 16.6. The molecule has 0 saturated carbocycles. The summed E-state index contributed by atoms with van der Waals surface area (Å²) in [5.74, 6) is 6.15. The first-order valence-corrected chi connectivity index (χ1v) is 13.9. The lowest BCUT2D eigenvalue weighted by molar-refractivity contribution is -0.671. The van der Waals surface area contributed by atoms with Crippen molar-refractivity contribution in [2.45, 2.75) is 92.8 Å². The highest BCUT2D eigenvalue weighted by molar-refractivity contribution is 5.69. The quantitative estimate of drug-likeness (QED) is 0.336. The zero-order valence-corrected chi connectivity index (χ0v) is 25.2. The molecule has 2 aliphatic carbocycles. The van der Waals surface area contributed by atoms with E-state index in [1.807, 2.05) is 51.5 Å². The van der Waals surface area contributed by atoms with E-state index in [-0.39, 0.29) is 5.41 Å². The Bertz CT molecular complexity index is 1260. The second-order valence-corrected chi connectivity index (χ2v) is 13.4. The Morgan fingerprint density at radius 3 is 2.29 bits per heavy atom. The van der Waals surface area contributed by atoms with Crippen LogP contribution in [0.25, 0.3) is 5.57 Å². The Balaban J connectivity index is 2.36. The molecule has 2 aliphatic rings. The van der Waals surface area contributed by atoms with Crippen molar-refractivity contribution >= 4 is 5.57 Å². The number of pyridine rings is 1. The van der Waals surface area contributed by atoms with Crippen LogP contribution in [0.1, 0.15) is 87.1 Å². The summed E-state index contributed by atoms with van der Waals surface area (Å²) < 4.78 is 2.03. The van der Waals surface area contributed by atoms with E-state index in [0.717, 1.165) is 29.6 Å². The largest absolute Gasteiger partial charge is 0.384 e. The molecule has 3 rings (SSSR count). The maximum Gasteiger partial charge on any atom is 0.169 e. The molecule has 3 heteroatoms. The summed E-state index contributed by atoms with van der Waals surface area (Å²) in [6, 6.07) is 4.26. The number of hydrogen-bond donors (Lipinski definition) is 2. The molecule has 0 aliphatic heterocycles. The third-order valence-corrected chi connectivity index (χ3v) is 8.28. The molecule has 0 spiro atoms. The molecule has 3 nitrogen and oxygen atoms in total. The minimum Gasteiger partial charge on any atom is -0.384 e. The van der Waals surface area contributed by atoms with Crippen LogP contribution in [-0.2, 0) is 7.05 Å². The average Bonchev–Trinajstić information content (AvgIpc) is 2.79. The molecule has 204 valence electrons. The Morgan fingerprint density at radius 1 is 1.11 bits per heavy atom. The van der Waals surface area contributed by atoms with Gasteiger partial charge in [-0.05, 0) is 65.9 Å². The molecule has 2 bridgehead atoms. The van der Waals surface area contributed by atoms with Crippen LogP contribution in [0.4, 0.5) is 0 Å². The van der Waals surface area contributed by atoms with Crippen LogP contribution < -0.4 is 4.57 Å². The first kappa shape index (κ1) is 29.9. The van der Waals surface area contributed by atoms with Crippen molar-refractivity contribution in [1.29, 1.82) is 0 Å². The molecule has 1 aromatic heterocycles. The summed E-state index contributed by atoms with van der Waals surface area (Å²) in [4.78, 5) is 0. The second kappa shape index (κ2) is 10.8. The summed E-state index contributed by atoms with van der Waals surface area (Å²) in [5.41, 5.74) is 3.88. The lowest BCUT2D eigenvalue weighted by Gasteiger charge is -2.41. The van der Waals surface area contributed by atoms with Crippen molar-refractivity contribution in [2.75, 3.05) is 0 Å². The first-order valence-electron chi connectivity index (χ1n) is 13.9. The smallest absolute Gasteiger partial charge is 0.169 e. The fraction of sp³-hybridized carbons (Fsp3) is 0.514. The van der Waals surface area contributed by atoms with Crippen LogP contribution in [0.3, 0.4) is 0 Å². The van der Waals surface area contributed by atoms with Crippen molar-refractivity contribution in [3.63, 3.8) is 0 Å². The van der Waals surface area contributed by atoms with E-state index in [9.17, 15) is 10.2 Å². The Hall–Kier alpha value is -2.67. The summed E-state index contributed by atoms with van der Waals surface area (Å²) in [7, 11) is 2.02. The van der Waals surface area contributed by atoms with Crippen LogP contribution in [0.5, 0.6) is 0 Å². The summed E-state index contributed by atoms with van der Waals surface area (Å²) in [5, 5.41) is 23.8. The summed E-state index contributed by atoms with van der Waals surface area (Å²) >= 11 is 0. The third kappa shape index (κ3) is 6.48. The van der Waals surface area contributed by atoms with E-state index in [1.165, 1.54) is 11.1 Å². The van der Waals surface area contributed by atoms with Crippen molar-refractivity contribution in [3.8, 4) is 11.8 Å². The predicted octanol–water partition coefficient (Wildman–Crippen LogP) is 7.03. The zero-order valence-electron chi connectivity index (χ0n) is 25.2. The lowest BCUT2D eigenvalue weighted by atomic mass is 9.69. The number of nitrogens with zero attached hydrogens (tertiary/aromatic N) is 1. The van der Waals surface area contributed by atoms with Crippen molar-refractivity contribution in [3.05, 3.63) is 82.8 Å². The van der Waals surface area contributed by atoms with Crippen LogP contribution in [0, 0.1) is 28.6 Å². The number of aromatic nitrogens is 1. The van der Waals surface area contributed by atoms with Gasteiger partial charge in [-0.2, -0.15) is 0 Å². The summed E-state index contributed by atoms with van der Waals surface area (Å²) in [6.45, 7) is 19.1. The molecule has 1 heterocycles. The molecular weight excluding hydrogens is 466 g/mol. The third-order valence-electron chi connectivity index (χ3n) is 8.28. The van der Waals surface area contributed by atoms with Gasteiger partial charge in [0.2, 0.25) is 0 Å². The van der Waals surface area contributed by atoms with Gasteiger partial charge in [0.15, 0.2) is 12.4 Å². The van der Waals surface area contributed by atoms with Gasteiger partial charge < -0.3 is 10.2 Å². The van der Waals surface area contributed by atoms with Gasteiger partial charge in [0.1, 0.15) is 12.6 Å². The van der Waals surface area contributed by atoms with Crippen molar-refractivity contribution in [1.82, 2.24) is 0 Å².